The van der Waals surface area contributed by atoms with Gasteiger partial charge in [-0.15, -0.1) is 0 Å². The van der Waals surface area contributed by atoms with Crippen molar-refractivity contribution in [2.45, 2.75) is 32.7 Å². The quantitative estimate of drug-likeness (QED) is 0.805. The molecule has 6 heteroatoms. The maximum absolute atomic E-state index is 12.3. The van der Waals surface area contributed by atoms with Crippen LogP contribution in [0.5, 0.6) is 11.5 Å². The summed E-state index contributed by atoms with van der Waals surface area (Å²) in [5, 5.41) is 12.0. The van der Waals surface area contributed by atoms with E-state index in [-0.39, 0.29) is 23.7 Å². The molecule has 1 aliphatic carbocycles. The SMILES string of the molecule is COc1ccc(C(CC(=O)O)NC(=O)C2CC2(C)C)c(OC)c1. The summed E-state index contributed by atoms with van der Waals surface area (Å²) in [5.41, 5.74) is 0.615. The van der Waals surface area contributed by atoms with Crippen molar-refractivity contribution < 1.29 is 24.2 Å². The molecular weight excluding hydrogens is 298 g/mol. The van der Waals surface area contributed by atoms with E-state index >= 15 is 0 Å². The predicted molar refractivity (Wildman–Crippen MR) is 84.6 cm³/mol. The maximum atomic E-state index is 12.3. The summed E-state index contributed by atoms with van der Waals surface area (Å²) in [6, 6.07) is 4.48. The lowest BCUT2D eigenvalue weighted by Crippen LogP contribution is -2.32. The van der Waals surface area contributed by atoms with Gasteiger partial charge in [-0.1, -0.05) is 13.8 Å². The van der Waals surface area contributed by atoms with Crippen LogP contribution in [0.4, 0.5) is 0 Å². The lowest BCUT2D eigenvalue weighted by molar-refractivity contribution is -0.137. The molecule has 0 spiro atoms. The minimum absolute atomic E-state index is 0.0121. The van der Waals surface area contributed by atoms with E-state index in [9.17, 15) is 9.59 Å². The summed E-state index contributed by atoms with van der Waals surface area (Å²) in [7, 11) is 3.04. The summed E-state index contributed by atoms with van der Waals surface area (Å²) >= 11 is 0. The van der Waals surface area contributed by atoms with Crippen molar-refractivity contribution in [2.75, 3.05) is 14.2 Å². The van der Waals surface area contributed by atoms with Crippen LogP contribution in [0.15, 0.2) is 18.2 Å². The van der Waals surface area contributed by atoms with E-state index in [1.54, 1.807) is 25.3 Å². The second kappa shape index (κ2) is 6.48. The van der Waals surface area contributed by atoms with Gasteiger partial charge in [-0.3, -0.25) is 9.59 Å². The zero-order valence-electron chi connectivity index (χ0n) is 13.9. The van der Waals surface area contributed by atoms with Gasteiger partial charge in [0, 0.05) is 17.5 Å². The number of rotatable bonds is 7. The number of methoxy groups -OCH3 is 2. The van der Waals surface area contributed by atoms with Crippen LogP contribution >= 0.6 is 0 Å². The highest BCUT2D eigenvalue weighted by Crippen LogP contribution is 2.51. The number of ether oxygens (including phenoxy) is 2. The highest BCUT2D eigenvalue weighted by atomic mass is 16.5. The zero-order valence-corrected chi connectivity index (χ0v) is 13.9. The second-order valence-electron chi connectivity index (χ2n) is 6.51. The Hall–Kier alpha value is -2.24. The van der Waals surface area contributed by atoms with Crippen molar-refractivity contribution in [3.8, 4) is 11.5 Å². The fourth-order valence-corrected chi connectivity index (χ4v) is 2.71. The van der Waals surface area contributed by atoms with Gasteiger partial charge in [0.1, 0.15) is 11.5 Å². The third-order valence-electron chi connectivity index (χ3n) is 4.34. The number of hydrogen-bond donors (Lipinski definition) is 2. The lowest BCUT2D eigenvalue weighted by atomic mass is 10.0. The summed E-state index contributed by atoms with van der Waals surface area (Å²) in [6.45, 7) is 4.05. The third-order valence-corrected chi connectivity index (χ3v) is 4.34. The topological polar surface area (TPSA) is 84.9 Å². The molecule has 1 amide bonds. The first-order valence-corrected chi connectivity index (χ1v) is 7.52. The molecule has 0 aromatic heterocycles. The predicted octanol–water partition coefficient (Wildman–Crippen LogP) is 2.38. The van der Waals surface area contributed by atoms with Crippen LogP contribution in [0.2, 0.25) is 0 Å². The van der Waals surface area contributed by atoms with Crippen molar-refractivity contribution >= 4 is 11.9 Å². The average molecular weight is 321 g/mol. The molecule has 2 atom stereocenters. The van der Waals surface area contributed by atoms with Gasteiger partial charge in [0.15, 0.2) is 0 Å². The van der Waals surface area contributed by atoms with Gasteiger partial charge in [0.25, 0.3) is 0 Å². The van der Waals surface area contributed by atoms with Crippen LogP contribution in [0.25, 0.3) is 0 Å². The van der Waals surface area contributed by atoms with E-state index in [0.29, 0.717) is 17.1 Å². The molecule has 2 rings (SSSR count). The summed E-state index contributed by atoms with van der Waals surface area (Å²) < 4.78 is 10.5. The number of nitrogens with one attached hydrogen (secondary N) is 1. The molecule has 6 nitrogen and oxygen atoms in total. The minimum atomic E-state index is -0.983. The Morgan fingerprint density at radius 1 is 1.35 bits per heavy atom. The molecule has 2 unspecified atom stereocenters. The molecule has 0 radical (unpaired) electrons. The molecule has 0 heterocycles. The molecule has 1 saturated carbocycles. The van der Waals surface area contributed by atoms with Gasteiger partial charge in [-0.2, -0.15) is 0 Å². The smallest absolute Gasteiger partial charge is 0.305 e. The largest absolute Gasteiger partial charge is 0.497 e. The lowest BCUT2D eigenvalue weighted by Gasteiger charge is -2.21. The minimum Gasteiger partial charge on any atom is -0.497 e. The Morgan fingerprint density at radius 3 is 2.48 bits per heavy atom. The number of carbonyl (C=O) groups is 2. The number of carbonyl (C=O) groups excluding carboxylic acids is 1. The number of benzene rings is 1. The van der Waals surface area contributed by atoms with Crippen LogP contribution in [-0.2, 0) is 9.59 Å². The van der Waals surface area contributed by atoms with Crippen molar-refractivity contribution in [2.24, 2.45) is 11.3 Å². The summed E-state index contributed by atoms with van der Waals surface area (Å²) in [5.74, 6) is -0.0642. The Balaban J connectivity index is 2.24. The molecule has 0 bridgehead atoms. The number of aliphatic carboxylic acids is 1. The molecule has 1 aliphatic rings. The van der Waals surface area contributed by atoms with Crippen molar-refractivity contribution in [1.82, 2.24) is 5.32 Å². The number of carboxylic acids is 1. The molecule has 126 valence electrons. The fraction of sp³-hybridized carbons (Fsp3) is 0.529. The van der Waals surface area contributed by atoms with Gasteiger partial charge in [-0.25, -0.2) is 0 Å². The van der Waals surface area contributed by atoms with E-state index in [1.165, 1.54) is 7.11 Å². The first-order chi connectivity index (χ1) is 10.8. The zero-order chi connectivity index (χ0) is 17.2. The highest BCUT2D eigenvalue weighted by molar-refractivity contribution is 5.83. The number of amides is 1. The van der Waals surface area contributed by atoms with Crippen LogP contribution < -0.4 is 14.8 Å². The maximum Gasteiger partial charge on any atom is 0.305 e. The third kappa shape index (κ3) is 3.94. The fourth-order valence-electron chi connectivity index (χ4n) is 2.71. The Morgan fingerprint density at radius 2 is 2.00 bits per heavy atom. The van der Waals surface area contributed by atoms with Gasteiger partial charge < -0.3 is 19.9 Å². The molecule has 1 aromatic carbocycles. The average Bonchev–Trinajstić information content (AvgIpc) is 3.14. The molecule has 0 aliphatic heterocycles. The first kappa shape index (κ1) is 17.1. The number of hydrogen-bond acceptors (Lipinski definition) is 4. The van der Waals surface area contributed by atoms with Crippen LogP contribution in [0.1, 0.15) is 38.3 Å². The van der Waals surface area contributed by atoms with E-state index in [2.05, 4.69) is 5.32 Å². The molecule has 1 aromatic rings. The van der Waals surface area contributed by atoms with Gasteiger partial charge in [-0.05, 0) is 24.0 Å². The van der Waals surface area contributed by atoms with Crippen LogP contribution in [0.3, 0.4) is 0 Å². The van der Waals surface area contributed by atoms with Gasteiger partial charge in [0.05, 0.1) is 26.7 Å². The molecule has 1 fully saturated rings. The van der Waals surface area contributed by atoms with Crippen LogP contribution in [0, 0.1) is 11.3 Å². The summed E-state index contributed by atoms with van der Waals surface area (Å²) in [4.78, 5) is 23.5. The molecular formula is C17H23NO5. The Kier molecular flexibility index (Phi) is 4.82. The first-order valence-electron chi connectivity index (χ1n) is 7.52. The number of carboxylic acid groups (broad SMARTS) is 1. The van der Waals surface area contributed by atoms with Gasteiger partial charge >= 0.3 is 5.97 Å². The molecule has 23 heavy (non-hydrogen) atoms. The van der Waals surface area contributed by atoms with E-state index in [0.717, 1.165) is 6.42 Å². The van der Waals surface area contributed by atoms with E-state index in [4.69, 9.17) is 14.6 Å². The van der Waals surface area contributed by atoms with Crippen molar-refractivity contribution in [1.29, 1.82) is 0 Å². The Bertz CT molecular complexity index is 611. The van der Waals surface area contributed by atoms with Crippen molar-refractivity contribution in [3.63, 3.8) is 0 Å². The normalized spacial score (nSPS) is 19.6. The van der Waals surface area contributed by atoms with Gasteiger partial charge in [0.2, 0.25) is 5.91 Å². The van der Waals surface area contributed by atoms with E-state index < -0.39 is 12.0 Å². The summed E-state index contributed by atoms with van der Waals surface area (Å²) in [6.07, 6.45) is 0.611. The standard InChI is InChI=1S/C17H23NO5/c1-17(2)9-12(17)16(21)18-13(8-15(19)20)11-6-5-10(22-3)7-14(11)23-4/h5-7,12-13H,8-9H2,1-4H3,(H,18,21)(H,19,20). The molecule has 2 N–H and O–H groups in total. The van der Waals surface area contributed by atoms with E-state index in [1.807, 2.05) is 13.8 Å². The monoisotopic (exact) mass is 321 g/mol. The van der Waals surface area contributed by atoms with Crippen LogP contribution in [-0.4, -0.2) is 31.2 Å². The second-order valence-corrected chi connectivity index (χ2v) is 6.51. The Labute approximate surface area is 135 Å². The van der Waals surface area contributed by atoms with Crippen molar-refractivity contribution in [3.05, 3.63) is 23.8 Å². The molecule has 0 saturated heterocycles. The highest BCUT2D eigenvalue weighted by Gasteiger charge is 2.51.